The summed E-state index contributed by atoms with van der Waals surface area (Å²) in [6, 6.07) is 17.6. The first-order valence-electron chi connectivity index (χ1n) is 11.9. The Morgan fingerprint density at radius 2 is 1.85 bits per heavy atom. The van der Waals surface area contributed by atoms with E-state index in [0.717, 1.165) is 16.9 Å². The van der Waals surface area contributed by atoms with Gasteiger partial charge in [0.1, 0.15) is 11.9 Å². The lowest BCUT2D eigenvalue weighted by Crippen LogP contribution is -2.46. The molecule has 0 saturated heterocycles. The predicted molar refractivity (Wildman–Crippen MR) is 132 cm³/mol. The molecule has 182 valence electrons. The summed E-state index contributed by atoms with van der Waals surface area (Å²) in [7, 11) is -1.39. The molecule has 0 saturated carbocycles. The van der Waals surface area contributed by atoms with Crippen LogP contribution in [0.15, 0.2) is 60.8 Å². The Morgan fingerprint density at radius 1 is 1.15 bits per heavy atom. The summed E-state index contributed by atoms with van der Waals surface area (Å²) < 4.78 is 29.7. The van der Waals surface area contributed by atoms with Crippen LogP contribution in [0.5, 0.6) is 5.75 Å². The molecule has 0 radical (unpaired) electrons. The van der Waals surface area contributed by atoms with Crippen LogP contribution in [-0.4, -0.2) is 48.3 Å². The molecule has 4 rings (SSSR count). The van der Waals surface area contributed by atoms with E-state index in [9.17, 15) is 5.11 Å². The molecule has 2 aromatic carbocycles. The fraction of sp³-hybridized carbons (Fsp3) is 0.462. The van der Waals surface area contributed by atoms with Crippen LogP contribution in [0.25, 0.3) is 0 Å². The summed E-state index contributed by atoms with van der Waals surface area (Å²) in [4.78, 5) is 0. The van der Waals surface area contributed by atoms with E-state index in [-0.39, 0.29) is 36.2 Å². The van der Waals surface area contributed by atoms with Crippen LogP contribution >= 0.6 is 0 Å². The summed E-state index contributed by atoms with van der Waals surface area (Å²) in [5.74, 6) is 0.548. The second-order valence-electron chi connectivity index (χ2n) is 9.65. The van der Waals surface area contributed by atoms with Gasteiger partial charge in [0.15, 0.2) is 0 Å². The van der Waals surface area contributed by atoms with Gasteiger partial charge in [-0.2, -0.15) is 0 Å². The van der Waals surface area contributed by atoms with Crippen LogP contribution in [0.2, 0.25) is 18.6 Å². The van der Waals surface area contributed by atoms with E-state index in [4.69, 9.17) is 9.47 Å². The maximum Gasteiger partial charge on any atom is 0.247 e. The number of aryl methyl sites for hydroxylation is 1. The third-order valence-corrected chi connectivity index (χ3v) is 9.36. The van der Waals surface area contributed by atoms with E-state index < -0.39 is 8.41 Å². The van der Waals surface area contributed by atoms with Gasteiger partial charge in [-0.1, -0.05) is 60.7 Å². The number of rotatable bonds is 9. The van der Waals surface area contributed by atoms with Crippen LogP contribution in [-0.2, 0) is 11.3 Å². The van der Waals surface area contributed by atoms with Crippen molar-refractivity contribution in [3.63, 3.8) is 0 Å². The molecule has 0 aliphatic carbocycles. The number of hydrogen-bond acceptors (Lipinski definition) is 5. The first kappa shape index (κ1) is 24.6. The molecule has 34 heavy (non-hydrogen) atoms. The lowest BCUT2D eigenvalue weighted by molar-refractivity contribution is -0.0242. The number of para-hydroxylation sites is 1. The van der Waals surface area contributed by atoms with Crippen molar-refractivity contribution in [3.05, 3.63) is 77.6 Å². The van der Waals surface area contributed by atoms with Crippen molar-refractivity contribution in [2.24, 2.45) is 5.92 Å². The van der Waals surface area contributed by atoms with Gasteiger partial charge in [0.05, 0.1) is 24.3 Å². The van der Waals surface area contributed by atoms with Crippen molar-refractivity contribution < 1.29 is 18.7 Å². The van der Waals surface area contributed by atoms with Crippen molar-refractivity contribution in [2.75, 3.05) is 13.7 Å². The van der Waals surface area contributed by atoms with Gasteiger partial charge in [-0.25, -0.2) is 0 Å². The van der Waals surface area contributed by atoms with Crippen molar-refractivity contribution in [3.8, 4) is 5.75 Å². The smallest absolute Gasteiger partial charge is 0.247 e. The molecular formula is C26H34FN3O3Si. The standard InChI is InChI=1S/C26H34FN3O3Si/c1-18-25(32-2)20-12-8-9-13-23(20)33-26(18)24(34(3,4)27)14-15-30-16-22(28-29-30)21(17-31)19-10-6-5-7-11-19/h5-13,16,18,21,24-26,31H,14-15,17H2,1-4H3/t18-,21?,24?,25-,26-/m1/s1. The number of nitrogens with zero attached hydrogens (tertiary/aromatic N) is 3. The SMILES string of the molecule is CO[C@H]1c2ccccc2O[C@@H](C(CCn2cc(C(CO)c3ccccc3)nn2)[Si](C)(C)F)[C@@H]1C. The maximum absolute atomic E-state index is 15.7. The number of ether oxygens (including phenoxy) is 2. The number of methoxy groups -OCH3 is 1. The van der Waals surface area contributed by atoms with Gasteiger partial charge in [0.25, 0.3) is 0 Å². The van der Waals surface area contributed by atoms with Gasteiger partial charge < -0.3 is 18.7 Å². The van der Waals surface area contributed by atoms with E-state index in [1.165, 1.54) is 0 Å². The number of benzene rings is 2. The van der Waals surface area contributed by atoms with Crippen molar-refractivity contribution >= 4 is 8.41 Å². The van der Waals surface area contributed by atoms with E-state index in [1.807, 2.05) is 60.8 Å². The van der Waals surface area contributed by atoms with E-state index in [1.54, 1.807) is 24.9 Å². The molecule has 1 N–H and O–H groups in total. The molecule has 0 fully saturated rings. The molecule has 1 aliphatic rings. The Bertz CT molecular complexity index is 1070. The average molecular weight is 484 g/mol. The quantitative estimate of drug-likeness (QED) is 0.338. The third kappa shape index (κ3) is 5.09. The number of fused-ring (bicyclic) bond motifs is 1. The minimum absolute atomic E-state index is 0.00980. The highest BCUT2D eigenvalue weighted by Crippen LogP contribution is 2.47. The number of aliphatic hydroxyl groups excluding tert-OH is 1. The Hall–Kier alpha value is -2.55. The molecule has 1 aromatic heterocycles. The second-order valence-corrected chi connectivity index (χ2v) is 13.5. The topological polar surface area (TPSA) is 69.4 Å². The molecule has 1 aliphatic heterocycles. The van der Waals surface area contributed by atoms with Crippen LogP contribution < -0.4 is 4.74 Å². The van der Waals surface area contributed by atoms with Crippen LogP contribution in [0.3, 0.4) is 0 Å². The summed E-state index contributed by atoms with van der Waals surface area (Å²) in [5.41, 5.74) is 2.46. The first-order valence-corrected chi connectivity index (χ1v) is 14.8. The largest absolute Gasteiger partial charge is 0.490 e. The maximum atomic E-state index is 15.7. The Morgan fingerprint density at radius 3 is 2.53 bits per heavy atom. The van der Waals surface area contributed by atoms with E-state index in [2.05, 4.69) is 17.2 Å². The molecule has 0 bridgehead atoms. The molecular weight excluding hydrogens is 449 g/mol. The van der Waals surface area contributed by atoms with Crippen molar-refractivity contribution in [2.45, 2.75) is 56.7 Å². The zero-order valence-corrected chi connectivity index (χ0v) is 21.3. The van der Waals surface area contributed by atoms with E-state index in [0.29, 0.717) is 18.7 Å². The Balaban J connectivity index is 1.53. The van der Waals surface area contributed by atoms with Crippen LogP contribution in [0.4, 0.5) is 4.11 Å². The van der Waals surface area contributed by atoms with Gasteiger partial charge >= 0.3 is 0 Å². The second kappa shape index (κ2) is 10.4. The van der Waals surface area contributed by atoms with Gasteiger partial charge in [-0.3, -0.25) is 4.68 Å². The van der Waals surface area contributed by atoms with Gasteiger partial charge in [-0.05, 0) is 31.1 Å². The van der Waals surface area contributed by atoms with Crippen molar-refractivity contribution in [1.29, 1.82) is 0 Å². The van der Waals surface area contributed by atoms with E-state index >= 15 is 4.11 Å². The minimum Gasteiger partial charge on any atom is -0.490 e. The molecule has 2 heterocycles. The molecule has 0 spiro atoms. The summed E-state index contributed by atoms with van der Waals surface area (Å²) >= 11 is 0. The number of halogens is 1. The monoisotopic (exact) mass is 483 g/mol. The summed E-state index contributed by atoms with van der Waals surface area (Å²) in [6.45, 7) is 6.05. The van der Waals surface area contributed by atoms with Gasteiger partial charge in [0.2, 0.25) is 8.41 Å². The molecule has 2 unspecified atom stereocenters. The fourth-order valence-corrected chi connectivity index (χ4v) is 7.10. The minimum atomic E-state index is -3.09. The Kier molecular flexibility index (Phi) is 7.50. The number of aliphatic hydroxyl groups is 1. The predicted octanol–water partition coefficient (Wildman–Crippen LogP) is 5.12. The summed E-state index contributed by atoms with van der Waals surface area (Å²) in [5, 5.41) is 18.5. The molecule has 0 amide bonds. The third-order valence-electron chi connectivity index (χ3n) is 6.98. The zero-order chi connectivity index (χ0) is 24.3. The summed E-state index contributed by atoms with van der Waals surface area (Å²) in [6.07, 6.45) is 2.02. The molecule has 8 heteroatoms. The highest BCUT2D eigenvalue weighted by molar-refractivity contribution is 6.72. The number of hydrogen-bond donors (Lipinski definition) is 1. The van der Waals surface area contributed by atoms with Crippen LogP contribution in [0, 0.1) is 5.92 Å². The number of aromatic nitrogens is 3. The Labute approximate surface area is 201 Å². The molecule has 6 nitrogen and oxygen atoms in total. The lowest BCUT2D eigenvalue weighted by atomic mass is 9.86. The fourth-order valence-electron chi connectivity index (χ4n) is 5.13. The lowest BCUT2D eigenvalue weighted by Gasteiger charge is -2.43. The van der Waals surface area contributed by atoms with Crippen molar-refractivity contribution in [1.82, 2.24) is 15.0 Å². The molecule has 3 aromatic rings. The average Bonchev–Trinajstić information content (AvgIpc) is 3.28. The first-order chi connectivity index (χ1) is 16.3. The normalized spacial score (nSPS) is 22.0. The molecule has 5 atom stereocenters. The highest BCUT2D eigenvalue weighted by Gasteiger charge is 2.47. The van der Waals surface area contributed by atoms with Gasteiger partial charge in [-0.15, -0.1) is 5.10 Å². The van der Waals surface area contributed by atoms with Gasteiger partial charge in [0, 0.05) is 36.9 Å². The van der Waals surface area contributed by atoms with Crippen LogP contribution in [0.1, 0.15) is 42.2 Å². The highest BCUT2D eigenvalue weighted by atomic mass is 28.4. The zero-order valence-electron chi connectivity index (χ0n) is 20.3.